The zero-order chi connectivity index (χ0) is 15.5. The fourth-order valence-electron chi connectivity index (χ4n) is 3.10. The third-order valence-electron chi connectivity index (χ3n) is 4.14. The summed E-state index contributed by atoms with van der Waals surface area (Å²) in [5, 5.41) is 20.1. The van der Waals surface area contributed by atoms with Gasteiger partial charge in [0.2, 0.25) is 0 Å². The first-order valence-corrected chi connectivity index (χ1v) is 7.36. The number of hydrogen-bond acceptors (Lipinski definition) is 6. The number of ether oxygens (including phenoxy) is 2. The molecule has 0 amide bonds. The van der Waals surface area contributed by atoms with E-state index in [0.717, 1.165) is 31.6 Å². The SMILES string of the molecule is N#Cc1cc([N+](=O)[O-])ccc1N1CCC[C@H](C2OCCO2)C1. The van der Waals surface area contributed by atoms with Gasteiger partial charge in [0.15, 0.2) is 6.29 Å². The Labute approximate surface area is 128 Å². The molecule has 2 fully saturated rings. The summed E-state index contributed by atoms with van der Waals surface area (Å²) in [5.74, 6) is 0.262. The summed E-state index contributed by atoms with van der Waals surface area (Å²) < 4.78 is 11.2. The predicted octanol–water partition coefficient (Wildman–Crippen LogP) is 2.06. The van der Waals surface area contributed by atoms with E-state index in [1.54, 1.807) is 6.07 Å². The second-order valence-corrected chi connectivity index (χ2v) is 5.53. The van der Waals surface area contributed by atoms with Crippen LogP contribution in [-0.4, -0.2) is 37.5 Å². The molecule has 2 heterocycles. The van der Waals surface area contributed by atoms with Gasteiger partial charge in [-0.1, -0.05) is 0 Å². The highest BCUT2D eigenvalue weighted by atomic mass is 16.7. The van der Waals surface area contributed by atoms with E-state index in [-0.39, 0.29) is 17.9 Å². The molecule has 0 unspecified atom stereocenters. The minimum atomic E-state index is -0.482. The molecule has 2 saturated heterocycles. The maximum Gasteiger partial charge on any atom is 0.270 e. The Morgan fingerprint density at radius 2 is 2.14 bits per heavy atom. The van der Waals surface area contributed by atoms with Crippen LogP contribution in [0.4, 0.5) is 11.4 Å². The van der Waals surface area contributed by atoms with Crippen LogP contribution in [0.2, 0.25) is 0 Å². The summed E-state index contributed by atoms with van der Waals surface area (Å²) in [6, 6.07) is 6.51. The lowest BCUT2D eigenvalue weighted by molar-refractivity contribution is -0.384. The largest absolute Gasteiger partial charge is 0.370 e. The van der Waals surface area contributed by atoms with Gasteiger partial charge >= 0.3 is 0 Å². The normalized spacial score (nSPS) is 22.5. The lowest BCUT2D eigenvalue weighted by Crippen LogP contribution is -2.41. The van der Waals surface area contributed by atoms with Crippen LogP contribution in [0, 0.1) is 27.4 Å². The molecular formula is C15H17N3O4. The zero-order valence-corrected chi connectivity index (χ0v) is 12.1. The fraction of sp³-hybridized carbons (Fsp3) is 0.533. The smallest absolute Gasteiger partial charge is 0.270 e. The molecule has 7 nitrogen and oxygen atoms in total. The molecule has 3 rings (SSSR count). The summed E-state index contributed by atoms with van der Waals surface area (Å²) in [6.07, 6.45) is 1.83. The molecule has 0 saturated carbocycles. The third-order valence-corrected chi connectivity index (χ3v) is 4.14. The molecule has 2 aliphatic heterocycles. The standard InChI is InChI=1S/C15H17N3O4/c16-9-12-8-13(18(19)20)3-4-14(12)17-5-1-2-11(10-17)15-21-6-7-22-15/h3-4,8,11,15H,1-2,5-7,10H2/t11-/m0/s1. The lowest BCUT2D eigenvalue weighted by Gasteiger charge is -2.36. The number of nitrogens with zero attached hydrogens (tertiary/aromatic N) is 3. The van der Waals surface area contributed by atoms with Crippen molar-refractivity contribution in [2.45, 2.75) is 19.1 Å². The number of nitriles is 1. The molecule has 0 spiro atoms. The maximum atomic E-state index is 10.8. The van der Waals surface area contributed by atoms with Crippen molar-refractivity contribution in [1.29, 1.82) is 5.26 Å². The summed E-state index contributed by atoms with van der Waals surface area (Å²) in [5.41, 5.74) is 1.02. The molecule has 0 bridgehead atoms. The topological polar surface area (TPSA) is 88.6 Å². The monoisotopic (exact) mass is 303 g/mol. The highest BCUT2D eigenvalue weighted by molar-refractivity contribution is 5.63. The molecule has 116 valence electrons. The first-order chi connectivity index (χ1) is 10.7. The fourth-order valence-corrected chi connectivity index (χ4v) is 3.10. The minimum Gasteiger partial charge on any atom is -0.370 e. The van der Waals surface area contributed by atoms with Gasteiger partial charge in [0.05, 0.1) is 29.4 Å². The highest BCUT2D eigenvalue weighted by Gasteiger charge is 2.32. The molecule has 0 N–H and O–H groups in total. The van der Waals surface area contributed by atoms with Crippen molar-refractivity contribution < 1.29 is 14.4 Å². The van der Waals surface area contributed by atoms with Crippen LogP contribution in [0.5, 0.6) is 0 Å². The van der Waals surface area contributed by atoms with Crippen molar-refractivity contribution in [1.82, 2.24) is 0 Å². The number of non-ortho nitro benzene ring substituents is 1. The summed E-state index contributed by atoms with van der Waals surface area (Å²) in [4.78, 5) is 12.4. The number of nitro benzene ring substituents is 1. The average Bonchev–Trinajstić information content (AvgIpc) is 3.09. The Morgan fingerprint density at radius 1 is 1.36 bits per heavy atom. The molecule has 22 heavy (non-hydrogen) atoms. The van der Waals surface area contributed by atoms with Gasteiger partial charge < -0.3 is 14.4 Å². The van der Waals surface area contributed by atoms with E-state index in [1.807, 2.05) is 0 Å². The summed E-state index contributed by atoms with van der Waals surface area (Å²) in [6.45, 7) is 2.82. The minimum absolute atomic E-state index is 0.0590. The number of benzene rings is 1. The molecule has 7 heteroatoms. The third kappa shape index (κ3) is 2.89. The van der Waals surface area contributed by atoms with E-state index in [1.165, 1.54) is 12.1 Å². The van der Waals surface area contributed by atoms with E-state index in [4.69, 9.17) is 9.47 Å². The van der Waals surface area contributed by atoms with Crippen LogP contribution in [0.15, 0.2) is 18.2 Å². The zero-order valence-electron chi connectivity index (χ0n) is 12.1. The van der Waals surface area contributed by atoms with Gasteiger partial charge in [0.1, 0.15) is 6.07 Å². The van der Waals surface area contributed by atoms with Crippen molar-refractivity contribution in [3.8, 4) is 6.07 Å². The van der Waals surface area contributed by atoms with Gasteiger partial charge in [0, 0.05) is 31.1 Å². The van der Waals surface area contributed by atoms with Crippen LogP contribution < -0.4 is 4.90 Å². The van der Waals surface area contributed by atoms with Gasteiger partial charge in [-0.05, 0) is 18.9 Å². The van der Waals surface area contributed by atoms with Crippen LogP contribution in [0.25, 0.3) is 0 Å². The maximum absolute atomic E-state index is 10.8. The Balaban J connectivity index is 1.80. The van der Waals surface area contributed by atoms with Crippen LogP contribution >= 0.6 is 0 Å². The number of piperidine rings is 1. The van der Waals surface area contributed by atoms with Gasteiger partial charge in [-0.2, -0.15) is 5.26 Å². The lowest BCUT2D eigenvalue weighted by atomic mass is 9.96. The molecule has 0 aliphatic carbocycles. The van der Waals surface area contributed by atoms with Crippen LogP contribution in [0.1, 0.15) is 18.4 Å². The van der Waals surface area contributed by atoms with Crippen LogP contribution in [0.3, 0.4) is 0 Å². The Morgan fingerprint density at radius 3 is 2.82 bits per heavy atom. The van der Waals surface area contributed by atoms with Crippen molar-refractivity contribution in [2.24, 2.45) is 5.92 Å². The Kier molecular flexibility index (Phi) is 4.22. The molecule has 2 aliphatic rings. The van der Waals surface area contributed by atoms with E-state index in [2.05, 4.69) is 11.0 Å². The quantitative estimate of drug-likeness (QED) is 0.627. The number of anilines is 1. The summed E-state index contributed by atoms with van der Waals surface area (Å²) >= 11 is 0. The molecule has 0 aromatic heterocycles. The van der Waals surface area contributed by atoms with E-state index < -0.39 is 4.92 Å². The van der Waals surface area contributed by atoms with Crippen molar-refractivity contribution >= 4 is 11.4 Å². The van der Waals surface area contributed by atoms with Gasteiger partial charge in [-0.15, -0.1) is 0 Å². The van der Waals surface area contributed by atoms with Crippen molar-refractivity contribution in [2.75, 3.05) is 31.2 Å². The number of rotatable bonds is 3. The Bertz CT molecular complexity index is 607. The molecule has 1 atom stereocenters. The van der Waals surface area contributed by atoms with E-state index in [9.17, 15) is 15.4 Å². The molecular weight excluding hydrogens is 286 g/mol. The van der Waals surface area contributed by atoms with Crippen LogP contribution in [-0.2, 0) is 9.47 Å². The van der Waals surface area contributed by atoms with Crippen molar-refractivity contribution in [3.05, 3.63) is 33.9 Å². The molecule has 1 aromatic carbocycles. The first kappa shape index (κ1) is 14.8. The molecule has 1 aromatic rings. The van der Waals surface area contributed by atoms with Gasteiger partial charge in [-0.3, -0.25) is 10.1 Å². The van der Waals surface area contributed by atoms with Gasteiger partial charge in [0.25, 0.3) is 5.69 Å². The van der Waals surface area contributed by atoms with E-state index >= 15 is 0 Å². The number of hydrogen-bond donors (Lipinski definition) is 0. The second-order valence-electron chi connectivity index (χ2n) is 5.53. The van der Waals surface area contributed by atoms with Crippen molar-refractivity contribution in [3.63, 3.8) is 0 Å². The molecule has 0 radical (unpaired) electrons. The first-order valence-electron chi connectivity index (χ1n) is 7.36. The van der Waals surface area contributed by atoms with Gasteiger partial charge in [-0.25, -0.2) is 0 Å². The Hall–Kier alpha value is -2.17. The highest BCUT2D eigenvalue weighted by Crippen LogP contribution is 2.31. The average molecular weight is 303 g/mol. The second kappa shape index (κ2) is 6.30. The predicted molar refractivity (Wildman–Crippen MR) is 78.4 cm³/mol. The summed E-state index contributed by atoms with van der Waals surface area (Å²) in [7, 11) is 0. The van der Waals surface area contributed by atoms with E-state index in [0.29, 0.717) is 18.8 Å². The number of nitro groups is 1.